The first-order valence-electron chi connectivity index (χ1n) is 11.8. The smallest absolute Gasteiger partial charge is 0.401 e. The van der Waals surface area contributed by atoms with E-state index in [-0.39, 0.29) is 46.7 Å². The lowest BCUT2D eigenvalue weighted by molar-refractivity contribution is -0.153. The van der Waals surface area contributed by atoms with Gasteiger partial charge in [-0.3, -0.25) is 24.2 Å². The molecule has 0 unspecified atom stereocenters. The van der Waals surface area contributed by atoms with Gasteiger partial charge in [0, 0.05) is 23.1 Å². The number of Topliss-reactive ketones (excluding diaryl/α,β-unsaturated/α-hetero) is 2. The van der Waals surface area contributed by atoms with Crippen LogP contribution >= 0.6 is 11.6 Å². The number of phenolic OH excluding ortho intramolecular Hbond substituents is 1. The molecule has 1 aromatic rings. The highest BCUT2D eigenvalue weighted by Crippen LogP contribution is 2.53. The van der Waals surface area contributed by atoms with Crippen LogP contribution in [0.25, 0.3) is 5.76 Å². The number of hydrogen-bond donors (Lipinski definition) is 5. The second kappa shape index (κ2) is 9.51. The van der Waals surface area contributed by atoms with Crippen molar-refractivity contribution in [3.63, 3.8) is 0 Å². The van der Waals surface area contributed by atoms with Crippen molar-refractivity contribution in [2.24, 2.45) is 17.6 Å². The highest BCUT2D eigenvalue weighted by atomic mass is 35.5. The molecule has 10 nitrogen and oxygen atoms in total. The summed E-state index contributed by atoms with van der Waals surface area (Å²) in [5, 5.41) is 44.3. The van der Waals surface area contributed by atoms with E-state index in [1.807, 2.05) is 0 Å². The average molecular weight is 574 g/mol. The number of hydrogen-bond acceptors (Lipinski definition) is 9. The predicted molar refractivity (Wildman–Crippen MR) is 132 cm³/mol. The zero-order chi connectivity index (χ0) is 29.4. The maximum Gasteiger partial charge on any atom is 0.401 e. The quantitative estimate of drug-likeness (QED) is 0.329. The van der Waals surface area contributed by atoms with Gasteiger partial charge in [0.15, 0.2) is 11.4 Å². The number of amides is 1. The fraction of sp³-hybridized carbons (Fsp3) is 0.480. The average Bonchev–Trinajstić information content (AvgIpc) is 2.77. The van der Waals surface area contributed by atoms with E-state index in [1.54, 1.807) is 0 Å². The van der Waals surface area contributed by atoms with Crippen LogP contribution in [-0.4, -0.2) is 93.2 Å². The molecule has 0 radical (unpaired) electrons. The van der Waals surface area contributed by atoms with Crippen molar-refractivity contribution in [2.45, 2.75) is 37.2 Å². The molecule has 39 heavy (non-hydrogen) atoms. The van der Waals surface area contributed by atoms with Gasteiger partial charge in [-0.05, 0) is 57.1 Å². The van der Waals surface area contributed by atoms with E-state index in [4.69, 9.17) is 17.3 Å². The van der Waals surface area contributed by atoms with Crippen molar-refractivity contribution in [2.75, 3.05) is 27.7 Å². The third-order valence-electron chi connectivity index (χ3n) is 7.62. The van der Waals surface area contributed by atoms with E-state index in [0.29, 0.717) is 0 Å². The molecule has 0 spiro atoms. The summed E-state index contributed by atoms with van der Waals surface area (Å²) in [5.41, 5.74) is 1.33. The Kier molecular flexibility index (Phi) is 7.04. The molecule has 1 amide bonds. The number of alkyl halides is 3. The van der Waals surface area contributed by atoms with Gasteiger partial charge in [-0.25, -0.2) is 0 Å². The van der Waals surface area contributed by atoms with Crippen molar-refractivity contribution in [1.82, 2.24) is 9.80 Å². The Labute approximate surface area is 225 Å². The molecule has 14 heteroatoms. The minimum Gasteiger partial charge on any atom is -0.508 e. The lowest BCUT2D eigenvalue weighted by Crippen LogP contribution is -2.65. The Morgan fingerprint density at radius 3 is 2.36 bits per heavy atom. The molecule has 4 atom stereocenters. The van der Waals surface area contributed by atoms with Crippen LogP contribution in [0.3, 0.4) is 0 Å². The number of rotatable bonds is 5. The van der Waals surface area contributed by atoms with Gasteiger partial charge < -0.3 is 26.2 Å². The van der Waals surface area contributed by atoms with Crippen LogP contribution < -0.4 is 5.73 Å². The number of nitrogens with two attached hydrogens (primary N) is 1. The number of ketones is 2. The lowest BCUT2D eigenvalue weighted by Gasteiger charge is -2.50. The maximum atomic E-state index is 13.8. The topological polar surface area (TPSA) is 165 Å². The minimum absolute atomic E-state index is 0.0154. The van der Waals surface area contributed by atoms with Gasteiger partial charge in [-0.2, -0.15) is 13.2 Å². The van der Waals surface area contributed by atoms with Crippen LogP contribution in [0.15, 0.2) is 23.0 Å². The summed E-state index contributed by atoms with van der Waals surface area (Å²) in [4.78, 5) is 41.2. The van der Waals surface area contributed by atoms with Gasteiger partial charge in [-0.1, -0.05) is 11.6 Å². The van der Waals surface area contributed by atoms with Crippen molar-refractivity contribution < 1.29 is 48.0 Å². The summed E-state index contributed by atoms with van der Waals surface area (Å²) < 4.78 is 38.5. The number of carbonyl (C=O) groups excluding carboxylic acids is 3. The van der Waals surface area contributed by atoms with Crippen LogP contribution in [0.4, 0.5) is 13.2 Å². The fourth-order valence-corrected chi connectivity index (χ4v) is 6.40. The number of primary amides is 1. The minimum atomic E-state index is -4.47. The summed E-state index contributed by atoms with van der Waals surface area (Å²) >= 11 is 6.54. The molecule has 3 aliphatic carbocycles. The fourth-order valence-electron chi connectivity index (χ4n) is 6.11. The van der Waals surface area contributed by atoms with Crippen LogP contribution in [0.2, 0.25) is 5.02 Å². The first-order chi connectivity index (χ1) is 17.9. The van der Waals surface area contributed by atoms with Crippen molar-refractivity contribution in [3.8, 4) is 5.75 Å². The number of likely N-dealkylation sites (N-methyl/N-ethyl adjacent to an activating group) is 1. The zero-order valence-corrected chi connectivity index (χ0v) is 21.9. The molecule has 1 aromatic carbocycles. The lowest BCUT2D eigenvalue weighted by atomic mass is 9.57. The van der Waals surface area contributed by atoms with Crippen LogP contribution in [0.5, 0.6) is 5.75 Å². The predicted octanol–water partition coefficient (Wildman–Crippen LogP) is 1.61. The third-order valence-corrected chi connectivity index (χ3v) is 8.09. The second-order valence-corrected chi connectivity index (χ2v) is 10.8. The molecule has 4 rings (SSSR count). The molecule has 3 aliphatic rings. The number of phenols is 1. The van der Waals surface area contributed by atoms with E-state index >= 15 is 0 Å². The summed E-state index contributed by atoms with van der Waals surface area (Å²) in [6, 6.07) is -0.159. The van der Waals surface area contributed by atoms with E-state index in [2.05, 4.69) is 0 Å². The normalized spacial score (nSPS) is 27.2. The Morgan fingerprint density at radius 1 is 1.21 bits per heavy atom. The molecule has 0 aliphatic heterocycles. The molecule has 0 saturated heterocycles. The summed E-state index contributed by atoms with van der Waals surface area (Å²) in [7, 11) is 4.18. The standard InChI is InChI=1S/C25H27ClF3N3O7/c1-31(2)18-12-5-9-4-11-15(13(33)6-10(17(11)26)7-32(3)8-24(27,28)29)19(34)14(9)21(36)25(12,39)22(37)16(20(18)35)23(30)38/h6,9,12,18,33-34,37,39H,4-5,7-8H2,1-3H3,(H2,30,38)/t9-,12-,18-,25-/m0/s1. The van der Waals surface area contributed by atoms with Gasteiger partial charge in [0.25, 0.3) is 5.91 Å². The van der Waals surface area contributed by atoms with Gasteiger partial charge in [0.1, 0.15) is 22.8 Å². The maximum absolute atomic E-state index is 13.8. The SMILES string of the molecule is CN(Cc1cc(O)c2c(c1Cl)C[C@H]1C[C@H]3[C@H](N(C)C)C(=O)C(C(N)=O)=C(O)[C@@]3(O)C(=O)C1=C2O)CC(F)(F)F. The third kappa shape index (κ3) is 4.46. The summed E-state index contributed by atoms with van der Waals surface area (Å²) in [6.45, 7) is -1.52. The van der Waals surface area contributed by atoms with Crippen LogP contribution in [0.1, 0.15) is 23.1 Å². The zero-order valence-electron chi connectivity index (χ0n) is 21.1. The monoisotopic (exact) mass is 573 g/mol. The molecular weight excluding hydrogens is 547 g/mol. The number of halogens is 4. The molecule has 0 heterocycles. The number of fused-ring (bicyclic) bond motifs is 3. The molecule has 0 bridgehead atoms. The first kappa shape index (κ1) is 28.9. The van der Waals surface area contributed by atoms with Gasteiger partial charge >= 0.3 is 6.18 Å². The second-order valence-electron chi connectivity index (χ2n) is 10.5. The van der Waals surface area contributed by atoms with Gasteiger partial charge in [0.05, 0.1) is 18.2 Å². The van der Waals surface area contributed by atoms with Crippen LogP contribution in [0, 0.1) is 11.8 Å². The van der Waals surface area contributed by atoms with E-state index in [9.17, 15) is 48.0 Å². The van der Waals surface area contributed by atoms with Gasteiger partial charge in [-0.15, -0.1) is 0 Å². The van der Waals surface area contributed by atoms with Crippen LogP contribution in [-0.2, 0) is 27.3 Å². The molecule has 212 valence electrons. The Hall–Kier alpha value is -3.13. The van der Waals surface area contributed by atoms with Crippen molar-refractivity contribution in [1.29, 1.82) is 0 Å². The van der Waals surface area contributed by atoms with E-state index < -0.39 is 76.5 Å². The van der Waals surface area contributed by atoms with E-state index in [0.717, 1.165) is 11.0 Å². The Morgan fingerprint density at radius 2 is 1.82 bits per heavy atom. The number of nitrogens with zero attached hydrogens (tertiary/aromatic N) is 2. The molecule has 1 saturated carbocycles. The number of benzene rings is 1. The summed E-state index contributed by atoms with van der Waals surface area (Å²) in [5.74, 6) is -8.01. The molecule has 6 N–H and O–H groups in total. The number of aromatic hydroxyl groups is 1. The number of aliphatic hydroxyl groups is 3. The highest BCUT2D eigenvalue weighted by Gasteiger charge is 2.64. The molecule has 0 aromatic heterocycles. The first-order valence-corrected chi connectivity index (χ1v) is 12.2. The molecular formula is C25H27ClF3N3O7. The van der Waals surface area contributed by atoms with E-state index in [1.165, 1.54) is 26.0 Å². The summed E-state index contributed by atoms with van der Waals surface area (Å²) in [6.07, 6.45) is -4.68. The van der Waals surface area contributed by atoms with Crippen molar-refractivity contribution in [3.05, 3.63) is 44.7 Å². The van der Waals surface area contributed by atoms with Gasteiger partial charge in [0.2, 0.25) is 5.78 Å². The Balaban J connectivity index is 1.86. The Bertz CT molecular complexity index is 1360. The molecule has 1 fully saturated rings. The number of aliphatic hydroxyl groups excluding tert-OH is 2. The largest absolute Gasteiger partial charge is 0.508 e. The van der Waals surface area contributed by atoms with Crippen molar-refractivity contribution >= 4 is 34.8 Å². The number of carbonyl (C=O) groups is 3. The highest BCUT2D eigenvalue weighted by molar-refractivity contribution is 6.32.